The molecule has 1 amide bonds. The molecular weight excluding hydrogens is 574 g/mol. The first kappa shape index (κ1) is 29.5. The number of aryl methyl sites for hydroxylation is 1. The van der Waals surface area contributed by atoms with Crippen LogP contribution < -0.4 is 19.9 Å². The number of carbonyl (C=O) groups excluding carboxylic acids is 1. The minimum Gasteiger partial charge on any atom is -0.406 e. The van der Waals surface area contributed by atoms with Crippen LogP contribution in [0.15, 0.2) is 60.8 Å². The van der Waals surface area contributed by atoms with Gasteiger partial charge in [0.25, 0.3) is 5.91 Å². The second-order valence-corrected chi connectivity index (χ2v) is 10.8. The number of rotatable bonds is 7. The summed E-state index contributed by atoms with van der Waals surface area (Å²) in [6.07, 6.45) is -2.54. The van der Waals surface area contributed by atoms with Crippen LogP contribution in [0.3, 0.4) is 0 Å². The highest BCUT2D eigenvalue weighted by Gasteiger charge is 2.33. The molecule has 1 fully saturated rings. The molecule has 2 aromatic heterocycles. The van der Waals surface area contributed by atoms with Crippen molar-refractivity contribution in [1.29, 1.82) is 0 Å². The molecule has 0 unspecified atom stereocenters. The summed E-state index contributed by atoms with van der Waals surface area (Å²) >= 11 is 6.13. The van der Waals surface area contributed by atoms with Crippen molar-refractivity contribution in [3.63, 3.8) is 0 Å². The van der Waals surface area contributed by atoms with Gasteiger partial charge in [-0.3, -0.25) is 9.20 Å². The van der Waals surface area contributed by atoms with E-state index in [9.17, 15) is 18.0 Å². The number of anilines is 2. The summed E-state index contributed by atoms with van der Waals surface area (Å²) in [5, 5.41) is 3.35. The first-order valence-electron chi connectivity index (χ1n) is 13.6. The number of hydrogen-bond donors (Lipinski definition) is 1. The van der Waals surface area contributed by atoms with Crippen molar-refractivity contribution in [2.45, 2.75) is 52.2 Å². The third-order valence-electron chi connectivity index (χ3n) is 7.37. The molecule has 0 radical (unpaired) electrons. The standard InChI is InChI=1S/C30H30ClF4N5O2/c1-4-25-28(40-17-21(31)6-12-27(40)37-25)29(41)36-14-20-5-11-26(24(32)13-20)39-16-18(2)38(15-19(39)3)22-7-9-23(10-8-22)42-30(33,34)35/h5-13,17-19H,4,14-16H2,1-3H3,(H,36,41)/t18-,19+/m0/s1. The molecule has 2 atom stereocenters. The van der Waals surface area contributed by atoms with Gasteiger partial charge in [0.15, 0.2) is 0 Å². The molecule has 5 rings (SSSR count). The summed E-state index contributed by atoms with van der Waals surface area (Å²) in [7, 11) is 0. The van der Waals surface area contributed by atoms with E-state index in [0.29, 0.717) is 52.8 Å². The fourth-order valence-electron chi connectivity index (χ4n) is 5.38. The first-order valence-corrected chi connectivity index (χ1v) is 13.9. The van der Waals surface area contributed by atoms with E-state index >= 15 is 4.39 Å². The summed E-state index contributed by atoms with van der Waals surface area (Å²) in [6, 6.07) is 14.0. The van der Waals surface area contributed by atoms with Crippen molar-refractivity contribution in [1.82, 2.24) is 14.7 Å². The van der Waals surface area contributed by atoms with Crippen LogP contribution in [0, 0.1) is 5.82 Å². The number of halogens is 5. The second-order valence-electron chi connectivity index (χ2n) is 10.3. The monoisotopic (exact) mass is 603 g/mol. The minimum absolute atomic E-state index is 0.0410. The molecule has 1 N–H and O–H groups in total. The summed E-state index contributed by atoms with van der Waals surface area (Å²) in [5.74, 6) is -1.01. The zero-order valence-electron chi connectivity index (χ0n) is 23.3. The van der Waals surface area contributed by atoms with Crippen molar-refractivity contribution >= 4 is 34.5 Å². The van der Waals surface area contributed by atoms with Gasteiger partial charge in [0, 0.05) is 43.6 Å². The minimum atomic E-state index is -4.75. The highest BCUT2D eigenvalue weighted by atomic mass is 35.5. The zero-order chi connectivity index (χ0) is 30.2. The Morgan fingerprint density at radius 1 is 1.05 bits per heavy atom. The lowest BCUT2D eigenvalue weighted by Gasteiger charge is -2.46. The van der Waals surface area contributed by atoms with Crippen LogP contribution in [-0.4, -0.2) is 46.8 Å². The Kier molecular flexibility index (Phi) is 8.23. The average Bonchev–Trinajstić information content (AvgIpc) is 3.30. The Bertz CT molecular complexity index is 1590. The first-order chi connectivity index (χ1) is 19.9. The van der Waals surface area contributed by atoms with Gasteiger partial charge >= 0.3 is 6.36 Å². The molecule has 7 nitrogen and oxygen atoms in total. The maximum Gasteiger partial charge on any atom is 0.573 e. The van der Waals surface area contributed by atoms with E-state index in [2.05, 4.69) is 19.9 Å². The summed E-state index contributed by atoms with van der Waals surface area (Å²) < 4.78 is 58.5. The Morgan fingerprint density at radius 3 is 2.40 bits per heavy atom. The molecular formula is C30H30ClF4N5O2. The number of fused-ring (bicyclic) bond motifs is 1. The van der Waals surface area contributed by atoms with Gasteiger partial charge in [0.1, 0.15) is 22.9 Å². The van der Waals surface area contributed by atoms with Crippen molar-refractivity contribution in [2.24, 2.45) is 0 Å². The number of nitrogens with one attached hydrogen (secondary N) is 1. The van der Waals surface area contributed by atoms with E-state index in [0.717, 1.165) is 5.69 Å². The predicted molar refractivity (Wildman–Crippen MR) is 154 cm³/mol. The van der Waals surface area contributed by atoms with Gasteiger partial charge in [0.05, 0.1) is 16.4 Å². The van der Waals surface area contributed by atoms with Gasteiger partial charge in [-0.2, -0.15) is 0 Å². The summed E-state index contributed by atoms with van der Waals surface area (Å²) in [5.41, 5.74) is 3.47. The molecule has 3 heterocycles. The fourth-order valence-corrected chi connectivity index (χ4v) is 5.54. The van der Waals surface area contributed by atoms with Gasteiger partial charge in [-0.05, 0) is 74.4 Å². The van der Waals surface area contributed by atoms with Crippen molar-refractivity contribution in [3.05, 3.63) is 88.6 Å². The average molecular weight is 604 g/mol. The molecule has 4 aromatic rings. The predicted octanol–water partition coefficient (Wildman–Crippen LogP) is 6.62. The van der Waals surface area contributed by atoms with Crippen molar-refractivity contribution < 1.29 is 27.1 Å². The second kappa shape index (κ2) is 11.7. The number of alkyl halides is 3. The normalized spacial score (nSPS) is 17.5. The largest absolute Gasteiger partial charge is 0.573 e. The summed E-state index contributed by atoms with van der Waals surface area (Å²) in [6.45, 7) is 7.05. The van der Waals surface area contributed by atoms with Gasteiger partial charge in [-0.25, -0.2) is 9.37 Å². The lowest BCUT2D eigenvalue weighted by Crippen LogP contribution is -2.57. The number of benzene rings is 2. The molecule has 0 bridgehead atoms. The smallest absolute Gasteiger partial charge is 0.406 e. The van der Waals surface area contributed by atoms with Crippen LogP contribution in [0.1, 0.15) is 42.5 Å². The lowest BCUT2D eigenvalue weighted by molar-refractivity contribution is -0.274. The lowest BCUT2D eigenvalue weighted by atomic mass is 10.0. The molecule has 0 saturated carbocycles. The van der Waals surface area contributed by atoms with Crippen LogP contribution in [-0.2, 0) is 13.0 Å². The number of nitrogens with zero attached hydrogens (tertiary/aromatic N) is 4. The van der Waals surface area contributed by atoms with E-state index in [-0.39, 0.29) is 30.3 Å². The van der Waals surface area contributed by atoms with Gasteiger partial charge < -0.3 is 19.9 Å². The molecule has 222 valence electrons. The number of ether oxygens (including phenoxy) is 1. The summed E-state index contributed by atoms with van der Waals surface area (Å²) in [4.78, 5) is 21.7. The third-order valence-corrected chi connectivity index (χ3v) is 7.59. The van der Waals surface area contributed by atoms with Crippen LogP contribution >= 0.6 is 11.6 Å². The Hall–Kier alpha value is -3.99. The van der Waals surface area contributed by atoms with Crippen LogP contribution in [0.5, 0.6) is 5.75 Å². The van der Waals surface area contributed by atoms with Crippen molar-refractivity contribution in [2.75, 3.05) is 22.9 Å². The Labute approximate surface area is 245 Å². The quantitative estimate of drug-likeness (QED) is 0.241. The number of amides is 1. The molecule has 1 aliphatic heterocycles. The van der Waals surface area contributed by atoms with Gasteiger partial charge in [0.2, 0.25) is 0 Å². The van der Waals surface area contributed by atoms with E-state index in [1.807, 2.05) is 25.7 Å². The molecule has 2 aromatic carbocycles. The fraction of sp³-hybridized carbons (Fsp3) is 0.333. The number of piperazine rings is 1. The molecule has 0 spiro atoms. The number of hydrogen-bond acceptors (Lipinski definition) is 5. The molecule has 1 aliphatic rings. The van der Waals surface area contributed by atoms with Gasteiger partial charge in [-0.1, -0.05) is 24.6 Å². The van der Waals surface area contributed by atoms with Gasteiger partial charge in [-0.15, -0.1) is 13.2 Å². The number of carbonyl (C=O) groups is 1. The van der Waals surface area contributed by atoms with E-state index in [4.69, 9.17) is 11.6 Å². The maximum atomic E-state index is 15.4. The molecule has 12 heteroatoms. The van der Waals surface area contributed by atoms with Crippen LogP contribution in [0.25, 0.3) is 5.65 Å². The highest BCUT2D eigenvalue weighted by Crippen LogP contribution is 2.31. The van der Waals surface area contributed by atoms with Crippen LogP contribution in [0.2, 0.25) is 5.02 Å². The molecule has 42 heavy (non-hydrogen) atoms. The number of imidazole rings is 1. The Balaban J connectivity index is 1.25. The maximum absolute atomic E-state index is 15.4. The van der Waals surface area contributed by atoms with E-state index in [1.165, 1.54) is 18.2 Å². The van der Waals surface area contributed by atoms with E-state index in [1.54, 1.807) is 47.0 Å². The number of pyridine rings is 1. The van der Waals surface area contributed by atoms with Crippen molar-refractivity contribution in [3.8, 4) is 5.75 Å². The molecule has 0 aliphatic carbocycles. The highest BCUT2D eigenvalue weighted by molar-refractivity contribution is 6.30. The molecule has 1 saturated heterocycles. The Morgan fingerprint density at radius 2 is 1.74 bits per heavy atom. The van der Waals surface area contributed by atoms with E-state index < -0.39 is 12.2 Å². The topological polar surface area (TPSA) is 62.1 Å². The zero-order valence-corrected chi connectivity index (χ0v) is 24.0. The third kappa shape index (κ3) is 6.25. The SMILES string of the molecule is CCc1nc2ccc(Cl)cn2c1C(=O)NCc1ccc(N2C[C@H](C)N(c3ccc(OC(F)(F)F)cc3)C[C@H]2C)c(F)c1. The number of aromatic nitrogens is 2. The van der Waals surface area contributed by atoms with Crippen LogP contribution in [0.4, 0.5) is 28.9 Å².